The van der Waals surface area contributed by atoms with Crippen LogP contribution < -0.4 is 26.3 Å². The molecule has 1 aromatic carbocycles. The van der Waals surface area contributed by atoms with Crippen molar-refractivity contribution in [2.75, 3.05) is 38.4 Å². The summed E-state index contributed by atoms with van der Waals surface area (Å²) in [7, 11) is 3.10. The summed E-state index contributed by atoms with van der Waals surface area (Å²) < 4.78 is 10.6. The molecule has 2 amide bonds. The van der Waals surface area contributed by atoms with Gasteiger partial charge in [0.25, 0.3) is 5.91 Å². The van der Waals surface area contributed by atoms with Gasteiger partial charge in [-0.2, -0.15) is 4.98 Å². The number of nitrogen functional groups attached to an aromatic ring is 1. The lowest BCUT2D eigenvalue weighted by atomic mass is 9.61. The fourth-order valence-corrected chi connectivity index (χ4v) is 5.02. The van der Waals surface area contributed by atoms with E-state index in [9.17, 15) is 9.59 Å². The third kappa shape index (κ3) is 5.20. The van der Waals surface area contributed by atoms with Crippen LogP contribution in [-0.4, -0.2) is 60.0 Å². The molecule has 2 heterocycles. The van der Waals surface area contributed by atoms with Crippen molar-refractivity contribution in [1.29, 1.82) is 0 Å². The Bertz CT molecular complexity index is 1240. The van der Waals surface area contributed by atoms with Gasteiger partial charge < -0.3 is 31.2 Å². The molecule has 1 aromatic heterocycles. The zero-order chi connectivity index (χ0) is 25.9. The van der Waals surface area contributed by atoms with Crippen molar-refractivity contribution in [3.05, 3.63) is 47.7 Å². The summed E-state index contributed by atoms with van der Waals surface area (Å²) in [6.07, 6.45) is 5.15. The second kappa shape index (κ2) is 10.2. The maximum Gasteiger partial charge on any atom is 0.255 e. The van der Waals surface area contributed by atoms with E-state index in [1.165, 1.54) is 6.08 Å². The lowest BCUT2D eigenvalue weighted by Crippen LogP contribution is -2.55. The number of hydrogen-bond donors (Lipinski definition) is 3. The Morgan fingerprint density at radius 1 is 1.19 bits per heavy atom. The number of aromatic nitrogens is 2. The highest BCUT2D eigenvalue weighted by Gasteiger charge is 2.47. The molecule has 1 saturated carbocycles. The number of methoxy groups -OCH3 is 2. The molecule has 0 unspecified atom stereocenters. The van der Waals surface area contributed by atoms with Gasteiger partial charge >= 0.3 is 0 Å². The fraction of sp³-hybridized carbons (Fsp3) is 0.385. The number of nitrogens with zero attached hydrogens (tertiary/aromatic N) is 3. The quantitative estimate of drug-likeness (QED) is 0.411. The summed E-state index contributed by atoms with van der Waals surface area (Å²) in [5.74, 6) is 6.47. The number of primary amides is 1. The highest BCUT2D eigenvalue weighted by molar-refractivity contribution is 5.99. The molecule has 1 saturated heterocycles. The van der Waals surface area contributed by atoms with E-state index in [2.05, 4.69) is 33.7 Å². The average molecular weight is 491 g/mol. The zero-order valence-electron chi connectivity index (χ0n) is 20.5. The number of carbonyl (C=O) groups excluding carboxylic acids is 2. The number of carbonyl (C=O) groups is 2. The van der Waals surface area contributed by atoms with Gasteiger partial charge in [0, 0.05) is 30.8 Å². The topological polar surface area (TPSA) is 146 Å². The number of likely N-dealkylation sites (tertiary alicyclic amines) is 1. The lowest BCUT2D eigenvalue weighted by Gasteiger charge is -2.52. The van der Waals surface area contributed by atoms with E-state index in [1.807, 2.05) is 4.90 Å². The minimum atomic E-state index is -0.761. The number of nitrogens with two attached hydrogens (primary N) is 2. The number of ether oxygens (including phenoxy) is 2. The third-order valence-corrected chi connectivity index (χ3v) is 6.70. The highest BCUT2D eigenvalue weighted by atomic mass is 16.5. The molecule has 5 N–H and O–H groups in total. The van der Waals surface area contributed by atoms with Crippen LogP contribution in [0.25, 0.3) is 0 Å². The Labute approximate surface area is 210 Å². The van der Waals surface area contributed by atoms with Gasteiger partial charge in [-0.25, -0.2) is 4.98 Å². The van der Waals surface area contributed by atoms with Crippen LogP contribution in [0.4, 0.5) is 11.8 Å². The molecule has 1 spiro atoms. The van der Waals surface area contributed by atoms with Gasteiger partial charge in [-0.3, -0.25) is 9.59 Å². The Morgan fingerprint density at radius 3 is 2.50 bits per heavy atom. The van der Waals surface area contributed by atoms with Crippen LogP contribution in [0.2, 0.25) is 0 Å². The monoisotopic (exact) mass is 490 g/mol. The minimum absolute atomic E-state index is 0.0273. The van der Waals surface area contributed by atoms with Crippen molar-refractivity contribution < 1.29 is 19.1 Å². The summed E-state index contributed by atoms with van der Waals surface area (Å²) in [6.45, 7) is 5.08. The molecule has 0 atom stereocenters. The summed E-state index contributed by atoms with van der Waals surface area (Å²) in [5.41, 5.74) is 12.4. The first-order valence-electron chi connectivity index (χ1n) is 11.7. The van der Waals surface area contributed by atoms with Crippen LogP contribution in [0.15, 0.2) is 30.9 Å². The number of hydrogen-bond acceptors (Lipinski definition) is 8. The molecule has 36 heavy (non-hydrogen) atoms. The molecule has 188 valence electrons. The summed E-state index contributed by atoms with van der Waals surface area (Å²) in [5, 5.41) is 3.30. The van der Waals surface area contributed by atoms with E-state index in [0.29, 0.717) is 17.1 Å². The molecule has 10 nitrogen and oxygen atoms in total. The molecule has 0 radical (unpaired) electrons. The Hall–Kier alpha value is -4.26. The molecular weight excluding hydrogens is 460 g/mol. The van der Waals surface area contributed by atoms with Crippen LogP contribution >= 0.6 is 0 Å². The molecule has 4 rings (SSSR count). The summed E-state index contributed by atoms with van der Waals surface area (Å²) in [4.78, 5) is 34.7. The van der Waals surface area contributed by atoms with Gasteiger partial charge in [-0.15, -0.1) is 0 Å². The van der Waals surface area contributed by atoms with Gasteiger partial charge in [0.05, 0.1) is 14.2 Å². The molecule has 10 heteroatoms. The number of rotatable bonds is 6. The SMILES string of the molecule is C=CC(=O)N1CCCC2(CC(Nc3nc(N)c(C(N)=O)c(C#Cc4cc(OC)cc(OC)c4)n3)C2)C1. The van der Waals surface area contributed by atoms with Crippen LogP contribution in [0, 0.1) is 17.3 Å². The maximum atomic E-state index is 12.1. The van der Waals surface area contributed by atoms with Crippen LogP contribution in [0.3, 0.4) is 0 Å². The van der Waals surface area contributed by atoms with E-state index in [4.69, 9.17) is 20.9 Å². The van der Waals surface area contributed by atoms with Gasteiger partial charge in [0.1, 0.15) is 28.6 Å². The van der Waals surface area contributed by atoms with E-state index in [1.54, 1.807) is 32.4 Å². The molecule has 2 aliphatic rings. The van der Waals surface area contributed by atoms with E-state index < -0.39 is 5.91 Å². The van der Waals surface area contributed by atoms with Gasteiger partial charge in [0.15, 0.2) is 0 Å². The van der Waals surface area contributed by atoms with E-state index in [-0.39, 0.29) is 40.4 Å². The van der Waals surface area contributed by atoms with Gasteiger partial charge in [-0.05, 0) is 55.2 Å². The Kier molecular flexibility index (Phi) is 7.01. The second-order valence-corrected chi connectivity index (χ2v) is 9.19. The average Bonchev–Trinajstić information content (AvgIpc) is 2.85. The van der Waals surface area contributed by atoms with Crippen LogP contribution in [0.1, 0.15) is 47.3 Å². The zero-order valence-corrected chi connectivity index (χ0v) is 20.5. The van der Waals surface area contributed by atoms with Crippen molar-refractivity contribution in [2.24, 2.45) is 11.1 Å². The number of nitrogens with one attached hydrogen (secondary N) is 1. The molecule has 1 aliphatic carbocycles. The number of amides is 2. The van der Waals surface area contributed by atoms with Gasteiger partial charge in [-0.1, -0.05) is 12.5 Å². The van der Waals surface area contributed by atoms with E-state index >= 15 is 0 Å². The summed E-state index contributed by atoms with van der Waals surface area (Å²) >= 11 is 0. The molecular formula is C26H30N6O4. The largest absolute Gasteiger partial charge is 0.497 e. The number of piperidine rings is 1. The third-order valence-electron chi connectivity index (χ3n) is 6.70. The van der Waals surface area contributed by atoms with Crippen molar-refractivity contribution in [3.63, 3.8) is 0 Å². The van der Waals surface area contributed by atoms with Crippen LogP contribution in [-0.2, 0) is 4.79 Å². The predicted octanol–water partition coefficient (Wildman–Crippen LogP) is 1.94. The Morgan fingerprint density at radius 2 is 1.89 bits per heavy atom. The first kappa shape index (κ1) is 24.9. The number of anilines is 2. The maximum absolute atomic E-state index is 12.1. The van der Waals surface area contributed by atoms with Crippen molar-refractivity contribution in [1.82, 2.24) is 14.9 Å². The fourth-order valence-electron chi connectivity index (χ4n) is 5.02. The Balaban J connectivity index is 1.54. The molecule has 2 aromatic rings. The molecule has 1 aliphatic heterocycles. The van der Waals surface area contributed by atoms with Crippen LogP contribution in [0.5, 0.6) is 11.5 Å². The van der Waals surface area contributed by atoms with Gasteiger partial charge in [0.2, 0.25) is 11.9 Å². The minimum Gasteiger partial charge on any atom is -0.497 e. The lowest BCUT2D eigenvalue weighted by molar-refractivity contribution is -0.131. The standard InChI is InChI=1S/C26H30N6O4/c1-4-21(33)32-9-5-8-26(15-32)13-17(14-26)29-25-30-20(22(24(28)34)23(27)31-25)7-6-16-10-18(35-2)12-19(11-16)36-3/h4,10-12,17H,1,5,8-9,13-15H2,2-3H3,(H2,28,34)(H3,27,29,30,31). The van der Waals surface area contributed by atoms with Crippen molar-refractivity contribution in [2.45, 2.75) is 31.7 Å². The molecule has 0 bridgehead atoms. The normalized spacial score (nSPS) is 20.5. The summed E-state index contributed by atoms with van der Waals surface area (Å²) in [6, 6.07) is 5.32. The molecule has 2 fully saturated rings. The van der Waals surface area contributed by atoms with Crippen molar-refractivity contribution in [3.8, 4) is 23.3 Å². The van der Waals surface area contributed by atoms with Crippen molar-refractivity contribution >= 4 is 23.6 Å². The number of benzene rings is 1. The predicted molar refractivity (Wildman–Crippen MR) is 136 cm³/mol. The second-order valence-electron chi connectivity index (χ2n) is 9.19. The smallest absolute Gasteiger partial charge is 0.255 e. The highest BCUT2D eigenvalue weighted by Crippen LogP contribution is 2.48. The first-order chi connectivity index (χ1) is 17.3. The van der Waals surface area contributed by atoms with E-state index in [0.717, 1.165) is 38.8 Å². The first-order valence-corrected chi connectivity index (χ1v) is 11.7.